The fourth-order valence-corrected chi connectivity index (χ4v) is 2.29. The molecule has 2 aliphatic rings. The first-order chi connectivity index (χ1) is 9.86. The van der Waals surface area contributed by atoms with E-state index in [1.165, 1.54) is 0 Å². The Bertz CT molecular complexity index is 339. The number of ether oxygens (including phenoxy) is 3. The second-order valence-electron chi connectivity index (χ2n) is 5.08. The number of hydrogen-bond acceptors (Lipinski definition) is 10. The number of aliphatic hydroxyl groups is 7. The standard InChI is InChI=1S/C11H20O10/c12-1-4-9(6(15)7(16)10(18)20-4)21-11-8(17)5(14)3(13)2-19-11/h3-18H,1-2H2/t3-,4+,5-,6+,7+,8+,9+,10+,11-/m0/s1. The predicted molar refractivity (Wildman–Crippen MR) is 62.6 cm³/mol. The van der Waals surface area contributed by atoms with Crippen LogP contribution in [0, 0.1) is 0 Å². The Balaban J connectivity index is 2.05. The SMILES string of the molecule is OC[C@H]1O[C@@H](O)[C@H](O)[C@@H](O)[C@@H]1O[C@@H]1OC[C@H](O)[C@H](O)[C@H]1O. The van der Waals surface area contributed by atoms with Gasteiger partial charge in [-0.05, 0) is 0 Å². The highest BCUT2D eigenvalue weighted by atomic mass is 16.7. The third-order valence-corrected chi connectivity index (χ3v) is 3.58. The zero-order chi connectivity index (χ0) is 15.7. The van der Waals surface area contributed by atoms with Gasteiger partial charge in [-0.2, -0.15) is 0 Å². The van der Waals surface area contributed by atoms with Crippen molar-refractivity contribution in [2.45, 2.75) is 55.3 Å². The first-order valence-corrected chi connectivity index (χ1v) is 6.48. The number of rotatable bonds is 3. The summed E-state index contributed by atoms with van der Waals surface area (Å²) >= 11 is 0. The Morgan fingerprint density at radius 3 is 2.19 bits per heavy atom. The molecular formula is C11H20O10. The first-order valence-electron chi connectivity index (χ1n) is 6.48. The van der Waals surface area contributed by atoms with Crippen LogP contribution in [0.3, 0.4) is 0 Å². The van der Waals surface area contributed by atoms with Crippen LogP contribution < -0.4 is 0 Å². The molecule has 2 aliphatic heterocycles. The number of hydrogen-bond donors (Lipinski definition) is 7. The van der Waals surface area contributed by atoms with Crippen LogP contribution in [0.2, 0.25) is 0 Å². The summed E-state index contributed by atoms with van der Waals surface area (Å²) in [5, 5.41) is 66.5. The average molecular weight is 312 g/mol. The molecule has 9 atom stereocenters. The van der Waals surface area contributed by atoms with Crippen molar-refractivity contribution in [2.24, 2.45) is 0 Å². The lowest BCUT2D eigenvalue weighted by molar-refractivity contribution is -0.342. The molecule has 0 bridgehead atoms. The minimum Gasteiger partial charge on any atom is -0.394 e. The molecule has 0 amide bonds. The molecule has 10 nitrogen and oxygen atoms in total. The van der Waals surface area contributed by atoms with E-state index in [0.29, 0.717) is 0 Å². The van der Waals surface area contributed by atoms with Gasteiger partial charge in [-0.1, -0.05) is 0 Å². The number of aliphatic hydroxyl groups excluding tert-OH is 7. The molecule has 0 aromatic carbocycles. The van der Waals surface area contributed by atoms with E-state index in [4.69, 9.17) is 14.2 Å². The first kappa shape index (κ1) is 17.0. The third kappa shape index (κ3) is 3.35. The third-order valence-electron chi connectivity index (χ3n) is 3.58. The van der Waals surface area contributed by atoms with Crippen molar-refractivity contribution in [1.29, 1.82) is 0 Å². The Labute approximate surface area is 119 Å². The van der Waals surface area contributed by atoms with Gasteiger partial charge >= 0.3 is 0 Å². The maximum atomic E-state index is 9.87. The summed E-state index contributed by atoms with van der Waals surface area (Å²) < 4.78 is 15.1. The van der Waals surface area contributed by atoms with Gasteiger partial charge in [0, 0.05) is 0 Å². The van der Waals surface area contributed by atoms with Crippen molar-refractivity contribution in [2.75, 3.05) is 13.2 Å². The van der Waals surface area contributed by atoms with Gasteiger partial charge in [0.15, 0.2) is 12.6 Å². The normalized spacial score (nSPS) is 51.9. The average Bonchev–Trinajstić information content (AvgIpc) is 2.47. The molecular weight excluding hydrogens is 292 g/mol. The molecule has 0 radical (unpaired) electrons. The van der Waals surface area contributed by atoms with E-state index >= 15 is 0 Å². The van der Waals surface area contributed by atoms with E-state index < -0.39 is 61.9 Å². The van der Waals surface area contributed by atoms with Crippen LogP contribution >= 0.6 is 0 Å². The second-order valence-corrected chi connectivity index (χ2v) is 5.08. The molecule has 0 aromatic rings. The summed E-state index contributed by atoms with van der Waals surface area (Å²) in [5.41, 5.74) is 0. The van der Waals surface area contributed by atoms with Crippen LogP contribution in [0.4, 0.5) is 0 Å². The van der Waals surface area contributed by atoms with Crippen LogP contribution in [0.25, 0.3) is 0 Å². The van der Waals surface area contributed by atoms with E-state index in [1.54, 1.807) is 0 Å². The zero-order valence-corrected chi connectivity index (χ0v) is 11.0. The lowest BCUT2D eigenvalue weighted by Crippen LogP contribution is -2.62. The summed E-state index contributed by atoms with van der Waals surface area (Å²) in [6, 6.07) is 0. The van der Waals surface area contributed by atoms with Crippen molar-refractivity contribution in [3.8, 4) is 0 Å². The smallest absolute Gasteiger partial charge is 0.186 e. The lowest BCUT2D eigenvalue weighted by Gasteiger charge is -2.43. The molecule has 10 heteroatoms. The second kappa shape index (κ2) is 6.79. The van der Waals surface area contributed by atoms with Gasteiger partial charge in [0.1, 0.15) is 42.7 Å². The molecule has 7 N–H and O–H groups in total. The van der Waals surface area contributed by atoms with Gasteiger partial charge < -0.3 is 50.0 Å². The Hall–Kier alpha value is -0.400. The van der Waals surface area contributed by atoms with Gasteiger partial charge in [0.2, 0.25) is 0 Å². The van der Waals surface area contributed by atoms with Crippen LogP contribution in [0.5, 0.6) is 0 Å². The topological polar surface area (TPSA) is 169 Å². The van der Waals surface area contributed by atoms with E-state index in [2.05, 4.69) is 0 Å². The molecule has 124 valence electrons. The largest absolute Gasteiger partial charge is 0.394 e. The highest BCUT2D eigenvalue weighted by molar-refractivity contribution is 4.91. The lowest BCUT2D eigenvalue weighted by atomic mass is 9.98. The van der Waals surface area contributed by atoms with E-state index in [-0.39, 0.29) is 6.61 Å². The van der Waals surface area contributed by atoms with Crippen molar-refractivity contribution >= 4 is 0 Å². The summed E-state index contributed by atoms with van der Waals surface area (Å²) in [4.78, 5) is 0. The summed E-state index contributed by atoms with van der Waals surface area (Å²) in [7, 11) is 0. The fourth-order valence-electron chi connectivity index (χ4n) is 2.29. The van der Waals surface area contributed by atoms with Crippen molar-refractivity contribution in [3.05, 3.63) is 0 Å². The Kier molecular flexibility index (Phi) is 5.48. The minimum atomic E-state index is -1.69. The molecule has 0 unspecified atom stereocenters. The van der Waals surface area contributed by atoms with Crippen LogP contribution in [0.15, 0.2) is 0 Å². The van der Waals surface area contributed by atoms with Gasteiger partial charge in [0.05, 0.1) is 13.2 Å². The maximum Gasteiger partial charge on any atom is 0.186 e. The molecule has 2 heterocycles. The molecule has 0 saturated carbocycles. The van der Waals surface area contributed by atoms with Crippen molar-refractivity contribution in [3.63, 3.8) is 0 Å². The fraction of sp³-hybridized carbons (Fsp3) is 1.00. The van der Waals surface area contributed by atoms with Gasteiger partial charge in [0.25, 0.3) is 0 Å². The van der Waals surface area contributed by atoms with E-state index in [9.17, 15) is 35.7 Å². The van der Waals surface area contributed by atoms with Gasteiger partial charge in [-0.25, -0.2) is 0 Å². The highest BCUT2D eigenvalue weighted by Crippen LogP contribution is 2.26. The maximum absolute atomic E-state index is 9.87. The predicted octanol–water partition coefficient (Wildman–Crippen LogP) is -4.76. The monoisotopic (exact) mass is 312 g/mol. The van der Waals surface area contributed by atoms with Crippen molar-refractivity contribution in [1.82, 2.24) is 0 Å². The van der Waals surface area contributed by atoms with Crippen molar-refractivity contribution < 1.29 is 50.0 Å². The molecule has 2 saturated heterocycles. The van der Waals surface area contributed by atoms with Gasteiger partial charge in [-0.15, -0.1) is 0 Å². The minimum absolute atomic E-state index is 0.304. The summed E-state index contributed by atoms with van der Waals surface area (Å²) in [5.74, 6) is 0. The van der Waals surface area contributed by atoms with E-state index in [0.717, 1.165) is 0 Å². The quantitative estimate of drug-likeness (QED) is 0.268. The van der Waals surface area contributed by atoms with Gasteiger partial charge in [-0.3, -0.25) is 0 Å². The molecule has 0 spiro atoms. The van der Waals surface area contributed by atoms with Crippen LogP contribution in [0.1, 0.15) is 0 Å². The molecule has 21 heavy (non-hydrogen) atoms. The van der Waals surface area contributed by atoms with E-state index in [1.807, 2.05) is 0 Å². The summed E-state index contributed by atoms with van der Waals surface area (Å²) in [6.07, 6.45) is -13.2. The molecule has 2 rings (SSSR count). The van der Waals surface area contributed by atoms with Crippen LogP contribution in [-0.4, -0.2) is 104 Å². The Morgan fingerprint density at radius 1 is 0.905 bits per heavy atom. The Morgan fingerprint density at radius 2 is 1.57 bits per heavy atom. The zero-order valence-electron chi connectivity index (χ0n) is 11.0. The molecule has 2 fully saturated rings. The highest BCUT2D eigenvalue weighted by Gasteiger charge is 2.48. The molecule has 0 aliphatic carbocycles. The van der Waals surface area contributed by atoms with Crippen LogP contribution in [-0.2, 0) is 14.2 Å². The summed E-state index contributed by atoms with van der Waals surface area (Å²) in [6.45, 7) is -0.930. The molecule has 0 aromatic heterocycles.